The highest BCUT2D eigenvalue weighted by atomic mass is 31.1. The number of hydrogen-bond donors (Lipinski definition) is 1. The number of esters is 1. The van der Waals surface area contributed by atoms with Crippen LogP contribution in [0.3, 0.4) is 0 Å². The van der Waals surface area contributed by atoms with Crippen molar-refractivity contribution in [2.45, 2.75) is 134 Å². The highest BCUT2D eigenvalue weighted by molar-refractivity contribution is 7.25. The summed E-state index contributed by atoms with van der Waals surface area (Å²) in [5.74, 6) is -3.12. The fourth-order valence-electron chi connectivity index (χ4n) is 7.86. The normalized spacial score (nSPS) is 39.3. The fourth-order valence-corrected chi connectivity index (χ4v) is 8.63. The van der Waals surface area contributed by atoms with E-state index in [1.807, 2.05) is 39.8 Å². The molecule has 3 fully saturated rings. The lowest BCUT2D eigenvalue weighted by molar-refractivity contribution is -0.260. The van der Waals surface area contributed by atoms with Gasteiger partial charge in [0.1, 0.15) is 17.7 Å². The van der Waals surface area contributed by atoms with Crippen LogP contribution in [0.4, 0.5) is 4.79 Å². The van der Waals surface area contributed by atoms with Crippen molar-refractivity contribution in [2.75, 3.05) is 47.4 Å². The largest absolute Gasteiger partial charge is 0.458 e. The van der Waals surface area contributed by atoms with Gasteiger partial charge in [0.2, 0.25) is 0 Å². The zero-order valence-electron chi connectivity index (χ0n) is 31.5. The number of cyclic esters (lactones) is 1. The third-order valence-electron chi connectivity index (χ3n) is 10.8. The number of carbonyl (C=O) groups is 3. The average Bonchev–Trinajstić information content (AvgIpc) is 3.32. The summed E-state index contributed by atoms with van der Waals surface area (Å²) in [5, 5.41) is 7.12. The molecule has 0 aliphatic carbocycles. The van der Waals surface area contributed by atoms with E-state index in [0.29, 0.717) is 58.3 Å². The van der Waals surface area contributed by atoms with Gasteiger partial charge >= 0.3 is 12.1 Å². The van der Waals surface area contributed by atoms with E-state index in [-0.39, 0.29) is 26.5 Å². The molecule has 3 saturated heterocycles. The molecule has 3 unspecified atom stereocenters. The maximum Gasteiger partial charge on any atom is 0.410 e. The molecule has 0 spiro atoms. The van der Waals surface area contributed by atoms with Crippen molar-refractivity contribution < 1.29 is 42.6 Å². The number of hydrogen-bond acceptors (Lipinski definition) is 12. The third kappa shape index (κ3) is 9.53. The Labute approximate surface area is 298 Å². The van der Waals surface area contributed by atoms with Crippen LogP contribution in [-0.4, -0.2) is 129 Å². The van der Waals surface area contributed by atoms with E-state index in [1.54, 1.807) is 25.9 Å². The standard InChI is InChI=1S/C34H59N6O9P/c1-11-26-34(7)25(40(32(43)49-34)15-13-12-14-37-38-35)19-36-18-20(2)17-33(6,45-10)29(22(4)27(41)23(5)30(42)47-26)48-31-28(50-44)24(39(8)9)16-21(3)46-31/h20-26,28-29,31,36H,11-19H2,1-10H3/t20-,21?,22+,23-,24?,25-,26-,28?,29-,31+,33-,34+/m1/s1. The van der Waals surface area contributed by atoms with Crippen LogP contribution in [0.15, 0.2) is 5.11 Å². The molecule has 15 nitrogen and oxygen atoms in total. The number of fused-ring (bicyclic) bond motifs is 1. The second-order valence-electron chi connectivity index (χ2n) is 14.9. The number of nitrogens with one attached hydrogen (secondary N) is 1. The lowest BCUT2D eigenvalue weighted by Crippen LogP contribution is -2.57. The third-order valence-corrected chi connectivity index (χ3v) is 11.7. The van der Waals surface area contributed by atoms with E-state index in [0.717, 1.165) is 0 Å². The zero-order chi connectivity index (χ0) is 37.4. The Hall–Kier alpha value is -2.38. The summed E-state index contributed by atoms with van der Waals surface area (Å²) in [6.07, 6.45) is -0.623. The molecule has 0 saturated carbocycles. The quantitative estimate of drug-likeness (QED) is 0.0578. The molecule has 3 rings (SSSR count). The number of ketones is 1. The molecular weight excluding hydrogens is 667 g/mol. The van der Waals surface area contributed by atoms with Crippen LogP contribution in [0, 0.1) is 17.8 Å². The van der Waals surface area contributed by atoms with E-state index in [2.05, 4.69) is 22.3 Å². The number of methoxy groups -OCH3 is 1. The number of carbonyl (C=O) groups excluding carboxylic acids is 3. The van der Waals surface area contributed by atoms with Crippen molar-refractivity contribution >= 4 is 26.3 Å². The van der Waals surface area contributed by atoms with Crippen molar-refractivity contribution in [2.24, 2.45) is 22.9 Å². The predicted molar refractivity (Wildman–Crippen MR) is 187 cm³/mol. The SMILES string of the molecule is CC[C@H]1OC(=O)[C@H](C)C(=O)[C@H](C)[C@@H](O[C@@H]2OC(C)CC(N(C)C)C2P=O)[C@](C)(OC)C[C@@H](C)CNC[C@H]2N(CCCCN=[N+]=[N-])C(=O)O[C@]12C. The lowest BCUT2D eigenvalue weighted by atomic mass is 9.78. The molecule has 0 radical (unpaired) electrons. The number of amides is 1. The van der Waals surface area contributed by atoms with E-state index in [4.69, 9.17) is 29.2 Å². The Balaban J connectivity index is 2.00. The molecule has 12 atom stereocenters. The Morgan fingerprint density at radius 3 is 2.44 bits per heavy atom. The second-order valence-corrected chi connectivity index (χ2v) is 15.7. The first-order valence-corrected chi connectivity index (χ1v) is 18.8. The van der Waals surface area contributed by atoms with Gasteiger partial charge in [0.05, 0.1) is 23.9 Å². The van der Waals surface area contributed by atoms with E-state index < -0.39 is 71.1 Å². The zero-order valence-corrected chi connectivity index (χ0v) is 32.4. The van der Waals surface area contributed by atoms with Gasteiger partial charge in [0.15, 0.2) is 26.1 Å². The van der Waals surface area contributed by atoms with Gasteiger partial charge in [-0.05, 0) is 91.9 Å². The van der Waals surface area contributed by atoms with Crippen molar-refractivity contribution in [3.05, 3.63) is 10.4 Å². The summed E-state index contributed by atoms with van der Waals surface area (Å²) < 4.78 is 43.8. The van der Waals surface area contributed by atoms with Gasteiger partial charge in [-0.3, -0.25) is 19.1 Å². The summed E-state index contributed by atoms with van der Waals surface area (Å²) >= 11 is 0. The Bertz CT molecular complexity index is 1240. The highest BCUT2D eigenvalue weighted by Crippen LogP contribution is 2.40. The van der Waals surface area contributed by atoms with Crippen LogP contribution in [-0.2, 0) is 37.8 Å². The molecule has 3 heterocycles. The second kappa shape index (κ2) is 18.4. The molecule has 0 aromatic carbocycles. The van der Waals surface area contributed by atoms with Gasteiger partial charge in [0.25, 0.3) is 0 Å². The Kier molecular flexibility index (Phi) is 15.5. The maximum atomic E-state index is 14.2. The fraction of sp³-hybridized carbons (Fsp3) is 0.912. The number of unbranched alkanes of at least 4 members (excludes halogenated alkanes) is 1. The maximum absolute atomic E-state index is 14.2. The minimum absolute atomic E-state index is 0.00600. The number of nitrogens with zero attached hydrogens (tertiary/aromatic N) is 5. The molecule has 50 heavy (non-hydrogen) atoms. The molecule has 1 N–H and O–H groups in total. The molecule has 16 heteroatoms. The molecule has 3 aliphatic rings. The van der Waals surface area contributed by atoms with Gasteiger partial charge in [-0.1, -0.05) is 25.9 Å². The van der Waals surface area contributed by atoms with Crippen molar-refractivity contribution in [1.82, 2.24) is 15.1 Å². The topological polar surface area (TPSA) is 182 Å². The van der Waals surface area contributed by atoms with Crippen LogP contribution in [0.1, 0.15) is 80.6 Å². The van der Waals surface area contributed by atoms with Crippen LogP contribution in [0.25, 0.3) is 10.4 Å². The summed E-state index contributed by atoms with van der Waals surface area (Å²) in [6, 6.07) is -0.578. The monoisotopic (exact) mass is 726 g/mol. The molecular formula is C34H59N6O9P. The van der Waals surface area contributed by atoms with Crippen LogP contribution >= 0.6 is 8.46 Å². The van der Waals surface area contributed by atoms with Crippen molar-refractivity contribution in [3.8, 4) is 0 Å². The first kappa shape index (κ1) is 42.0. The van der Waals surface area contributed by atoms with E-state index in [1.165, 1.54) is 6.92 Å². The summed E-state index contributed by atoms with van der Waals surface area (Å²) in [5.41, 5.74) is 5.89. The molecule has 0 aromatic rings. The molecule has 0 aromatic heterocycles. The van der Waals surface area contributed by atoms with Crippen molar-refractivity contribution in [3.63, 3.8) is 0 Å². The molecule has 1 amide bonds. The Morgan fingerprint density at radius 2 is 1.84 bits per heavy atom. The predicted octanol–water partition coefficient (Wildman–Crippen LogP) is 4.96. The number of rotatable bonds is 11. The van der Waals surface area contributed by atoms with Gasteiger partial charge < -0.3 is 33.9 Å². The van der Waals surface area contributed by atoms with E-state index >= 15 is 0 Å². The number of Topliss-reactive ketones (excluding diaryl/α,β-unsaturated/α-hetero) is 1. The smallest absolute Gasteiger partial charge is 0.410 e. The van der Waals surface area contributed by atoms with Gasteiger partial charge in [-0.15, -0.1) is 0 Å². The first-order valence-electron chi connectivity index (χ1n) is 17.9. The summed E-state index contributed by atoms with van der Waals surface area (Å²) in [6.45, 7) is 14.4. The Morgan fingerprint density at radius 1 is 1.14 bits per heavy atom. The lowest BCUT2D eigenvalue weighted by Gasteiger charge is -2.46. The van der Waals surface area contributed by atoms with Crippen LogP contribution in [0.5, 0.6) is 0 Å². The van der Waals surface area contributed by atoms with Crippen LogP contribution in [0.2, 0.25) is 0 Å². The minimum Gasteiger partial charge on any atom is -0.458 e. The van der Waals surface area contributed by atoms with Gasteiger partial charge in [-0.25, -0.2) is 4.79 Å². The van der Waals surface area contributed by atoms with E-state index in [9.17, 15) is 18.9 Å². The number of azide groups is 1. The average molecular weight is 727 g/mol. The highest BCUT2D eigenvalue weighted by Gasteiger charge is 2.57. The number of ether oxygens (including phenoxy) is 5. The van der Waals surface area contributed by atoms with Gasteiger partial charge in [-0.2, -0.15) is 0 Å². The molecule has 0 bridgehead atoms. The van der Waals surface area contributed by atoms with Crippen LogP contribution < -0.4 is 5.32 Å². The first-order chi connectivity index (χ1) is 23.6. The van der Waals surface area contributed by atoms with Crippen molar-refractivity contribution in [1.29, 1.82) is 0 Å². The minimum atomic E-state index is -1.20. The van der Waals surface area contributed by atoms with Gasteiger partial charge in [0, 0.05) is 43.6 Å². The molecule has 3 aliphatic heterocycles. The summed E-state index contributed by atoms with van der Waals surface area (Å²) in [7, 11) is 5.30. The summed E-state index contributed by atoms with van der Waals surface area (Å²) in [4.78, 5) is 47.8. The molecule has 284 valence electrons.